The van der Waals surface area contributed by atoms with Gasteiger partial charge in [0.05, 0.1) is 13.2 Å². The smallest absolute Gasteiger partial charge is 0.185 e. The van der Waals surface area contributed by atoms with E-state index in [4.69, 9.17) is 9.47 Å². The van der Waals surface area contributed by atoms with Crippen LogP contribution in [0.2, 0.25) is 0 Å². The van der Waals surface area contributed by atoms with E-state index in [0.29, 0.717) is 17.1 Å². The molecule has 0 spiro atoms. The zero-order chi connectivity index (χ0) is 17.7. The molecule has 0 fully saturated rings. The lowest BCUT2D eigenvalue weighted by Crippen LogP contribution is -2.08. The van der Waals surface area contributed by atoms with Gasteiger partial charge in [0.2, 0.25) is 0 Å². The molecule has 2 aromatic rings. The Labute approximate surface area is 143 Å². The standard InChI is InChI=1S/C21H24O3/c1-14(2)24-21-17(7-6-8-20(21)23-5)11-12-19(22)18-10-9-15(3)16(4)13-18/h6-14H,1-5H3/b12-11+. The first-order valence-corrected chi connectivity index (χ1v) is 8.05. The van der Waals surface area contributed by atoms with Gasteiger partial charge in [-0.15, -0.1) is 0 Å². The van der Waals surface area contributed by atoms with Crippen molar-refractivity contribution in [3.8, 4) is 11.5 Å². The molecule has 0 radical (unpaired) electrons. The van der Waals surface area contributed by atoms with Crippen LogP contribution in [0.15, 0.2) is 42.5 Å². The fourth-order valence-electron chi connectivity index (χ4n) is 2.34. The number of carbonyl (C=O) groups is 1. The molecule has 0 bridgehead atoms. The predicted molar refractivity (Wildman–Crippen MR) is 98.0 cm³/mol. The van der Waals surface area contributed by atoms with Gasteiger partial charge in [0, 0.05) is 11.1 Å². The van der Waals surface area contributed by atoms with E-state index >= 15 is 0 Å². The van der Waals surface area contributed by atoms with Gasteiger partial charge in [-0.2, -0.15) is 0 Å². The number of ketones is 1. The minimum Gasteiger partial charge on any atom is -0.493 e. The highest BCUT2D eigenvalue weighted by atomic mass is 16.5. The molecule has 0 N–H and O–H groups in total. The number of hydrogen-bond donors (Lipinski definition) is 0. The van der Waals surface area contributed by atoms with Crippen molar-refractivity contribution in [1.82, 2.24) is 0 Å². The maximum atomic E-state index is 12.4. The molecule has 3 heteroatoms. The fraction of sp³-hybridized carbons (Fsp3) is 0.286. The lowest BCUT2D eigenvalue weighted by Gasteiger charge is -2.15. The van der Waals surface area contributed by atoms with Gasteiger partial charge in [-0.1, -0.05) is 24.3 Å². The molecule has 0 amide bonds. The van der Waals surface area contributed by atoms with Crippen LogP contribution >= 0.6 is 0 Å². The lowest BCUT2D eigenvalue weighted by molar-refractivity contribution is 0.104. The van der Waals surface area contributed by atoms with E-state index in [2.05, 4.69) is 0 Å². The Morgan fingerprint density at radius 2 is 1.83 bits per heavy atom. The number of aryl methyl sites for hydroxylation is 2. The number of para-hydroxylation sites is 1. The summed E-state index contributed by atoms with van der Waals surface area (Å²) in [6.07, 6.45) is 3.37. The molecule has 0 heterocycles. The Morgan fingerprint density at radius 3 is 2.46 bits per heavy atom. The van der Waals surface area contributed by atoms with Crippen molar-refractivity contribution in [2.24, 2.45) is 0 Å². The number of benzene rings is 2. The number of ether oxygens (including phenoxy) is 2. The Bertz CT molecular complexity index is 758. The van der Waals surface area contributed by atoms with Crippen LogP contribution in [-0.2, 0) is 0 Å². The summed E-state index contributed by atoms with van der Waals surface area (Å²) in [7, 11) is 1.61. The van der Waals surface area contributed by atoms with Gasteiger partial charge in [-0.25, -0.2) is 0 Å². The average Bonchev–Trinajstić information content (AvgIpc) is 2.55. The molecule has 0 saturated heterocycles. The summed E-state index contributed by atoms with van der Waals surface area (Å²) in [5.74, 6) is 1.28. The van der Waals surface area contributed by atoms with E-state index in [1.165, 1.54) is 5.56 Å². The first-order chi connectivity index (χ1) is 11.4. The summed E-state index contributed by atoms with van der Waals surface area (Å²) in [6.45, 7) is 7.96. The molecular weight excluding hydrogens is 300 g/mol. The van der Waals surface area contributed by atoms with Gasteiger partial charge < -0.3 is 9.47 Å². The first-order valence-electron chi connectivity index (χ1n) is 8.05. The van der Waals surface area contributed by atoms with Gasteiger partial charge in [-0.05, 0) is 63.1 Å². The number of rotatable bonds is 6. The third-order valence-electron chi connectivity index (χ3n) is 3.79. The normalized spacial score (nSPS) is 11.1. The van der Waals surface area contributed by atoms with E-state index in [0.717, 1.165) is 11.1 Å². The monoisotopic (exact) mass is 324 g/mol. The summed E-state index contributed by atoms with van der Waals surface area (Å²) < 4.78 is 11.2. The average molecular weight is 324 g/mol. The molecule has 0 aliphatic heterocycles. The molecule has 126 valence electrons. The van der Waals surface area contributed by atoms with Crippen LogP contribution in [0.5, 0.6) is 11.5 Å². The molecular formula is C21H24O3. The highest BCUT2D eigenvalue weighted by Gasteiger charge is 2.11. The van der Waals surface area contributed by atoms with Crippen molar-refractivity contribution in [2.45, 2.75) is 33.8 Å². The fourth-order valence-corrected chi connectivity index (χ4v) is 2.34. The second-order valence-electron chi connectivity index (χ2n) is 6.04. The molecule has 0 aliphatic carbocycles. The zero-order valence-electron chi connectivity index (χ0n) is 14.9. The maximum absolute atomic E-state index is 12.4. The molecule has 0 saturated carbocycles. The molecule has 24 heavy (non-hydrogen) atoms. The first kappa shape index (κ1) is 17.8. The largest absolute Gasteiger partial charge is 0.493 e. The molecule has 2 aromatic carbocycles. The van der Waals surface area contributed by atoms with Gasteiger partial charge >= 0.3 is 0 Å². The zero-order valence-corrected chi connectivity index (χ0v) is 14.9. The lowest BCUT2D eigenvalue weighted by atomic mass is 10.0. The van der Waals surface area contributed by atoms with Gasteiger partial charge in [-0.3, -0.25) is 4.79 Å². The van der Waals surface area contributed by atoms with Crippen molar-refractivity contribution in [2.75, 3.05) is 7.11 Å². The number of carbonyl (C=O) groups excluding carboxylic acids is 1. The number of methoxy groups -OCH3 is 1. The Hall–Kier alpha value is -2.55. The van der Waals surface area contributed by atoms with Crippen molar-refractivity contribution < 1.29 is 14.3 Å². The van der Waals surface area contributed by atoms with E-state index < -0.39 is 0 Å². The Morgan fingerprint density at radius 1 is 1.08 bits per heavy atom. The Balaban J connectivity index is 2.30. The molecule has 2 rings (SSSR count). The quantitative estimate of drug-likeness (QED) is 0.554. The summed E-state index contributed by atoms with van der Waals surface area (Å²) in [5.41, 5.74) is 3.79. The SMILES string of the molecule is COc1cccc(/C=C/C(=O)c2ccc(C)c(C)c2)c1OC(C)C. The highest BCUT2D eigenvalue weighted by Crippen LogP contribution is 2.33. The van der Waals surface area contributed by atoms with Crippen LogP contribution in [0.25, 0.3) is 6.08 Å². The second-order valence-corrected chi connectivity index (χ2v) is 6.04. The predicted octanol–water partition coefficient (Wildman–Crippen LogP) is 5.00. The topological polar surface area (TPSA) is 35.5 Å². The van der Waals surface area contributed by atoms with E-state index in [9.17, 15) is 4.79 Å². The van der Waals surface area contributed by atoms with Crippen molar-refractivity contribution in [3.05, 3.63) is 64.7 Å². The van der Waals surface area contributed by atoms with Gasteiger partial charge in [0.15, 0.2) is 17.3 Å². The second kappa shape index (κ2) is 7.82. The van der Waals surface area contributed by atoms with Crippen molar-refractivity contribution in [3.63, 3.8) is 0 Å². The van der Waals surface area contributed by atoms with Crippen molar-refractivity contribution in [1.29, 1.82) is 0 Å². The van der Waals surface area contributed by atoms with Gasteiger partial charge in [0.1, 0.15) is 0 Å². The minimum absolute atomic E-state index is 0.0175. The molecule has 0 aromatic heterocycles. The minimum atomic E-state index is -0.0311. The van der Waals surface area contributed by atoms with Crippen LogP contribution in [0.4, 0.5) is 0 Å². The third-order valence-corrected chi connectivity index (χ3v) is 3.79. The summed E-state index contributed by atoms with van der Waals surface area (Å²) in [5, 5.41) is 0. The van der Waals surface area contributed by atoms with Crippen LogP contribution in [-0.4, -0.2) is 19.0 Å². The summed E-state index contributed by atoms with van der Waals surface area (Å²) in [6, 6.07) is 11.4. The number of hydrogen-bond acceptors (Lipinski definition) is 3. The highest BCUT2D eigenvalue weighted by molar-refractivity contribution is 6.07. The maximum Gasteiger partial charge on any atom is 0.185 e. The van der Waals surface area contributed by atoms with E-state index in [-0.39, 0.29) is 11.9 Å². The Kier molecular flexibility index (Phi) is 5.80. The molecule has 0 aliphatic rings. The van der Waals surface area contributed by atoms with Crippen molar-refractivity contribution >= 4 is 11.9 Å². The van der Waals surface area contributed by atoms with Gasteiger partial charge in [0.25, 0.3) is 0 Å². The summed E-state index contributed by atoms with van der Waals surface area (Å²) >= 11 is 0. The molecule has 0 atom stereocenters. The number of allylic oxidation sites excluding steroid dienone is 1. The van der Waals surface area contributed by atoms with Crippen LogP contribution < -0.4 is 9.47 Å². The van der Waals surface area contributed by atoms with Crippen LogP contribution in [0, 0.1) is 13.8 Å². The van der Waals surface area contributed by atoms with Crippen LogP contribution in [0.1, 0.15) is 40.9 Å². The van der Waals surface area contributed by atoms with E-state index in [1.807, 2.05) is 64.1 Å². The third kappa shape index (κ3) is 4.25. The molecule has 3 nitrogen and oxygen atoms in total. The van der Waals surface area contributed by atoms with E-state index in [1.54, 1.807) is 19.3 Å². The van der Waals surface area contributed by atoms with Crippen LogP contribution in [0.3, 0.4) is 0 Å². The molecule has 0 unspecified atom stereocenters. The summed E-state index contributed by atoms with van der Waals surface area (Å²) in [4.78, 5) is 12.4.